The predicted octanol–water partition coefficient (Wildman–Crippen LogP) is 4.40. The van der Waals surface area contributed by atoms with Gasteiger partial charge < -0.3 is 4.90 Å². The summed E-state index contributed by atoms with van der Waals surface area (Å²) in [4.78, 5) is 14.4. The van der Waals surface area contributed by atoms with Gasteiger partial charge in [0, 0.05) is 30.8 Å². The minimum absolute atomic E-state index is 0.230. The molecular formula is C17H27NO. The van der Waals surface area contributed by atoms with Crippen molar-refractivity contribution in [3.8, 4) is 0 Å². The number of hydrogen-bond donors (Lipinski definition) is 0. The van der Waals surface area contributed by atoms with Gasteiger partial charge in [0.15, 0.2) is 5.78 Å². The summed E-state index contributed by atoms with van der Waals surface area (Å²) in [6.45, 7) is 12.8. The molecule has 0 amide bonds. The highest BCUT2D eigenvalue weighted by atomic mass is 16.1. The Balaban J connectivity index is 3.10. The van der Waals surface area contributed by atoms with Crippen LogP contribution in [-0.2, 0) is 0 Å². The van der Waals surface area contributed by atoms with Crippen molar-refractivity contribution < 1.29 is 4.79 Å². The Hall–Kier alpha value is -1.31. The summed E-state index contributed by atoms with van der Waals surface area (Å²) < 4.78 is 0. The molecule has 0 aliphatic rings. The maximum absolute atomic E-state index is 12.1. The maximum atomic E-state index is 12.1. The third-order valence-corrected chi connectivity index (χ3v) is 3.04. The number of Topliss-reactive ketones (excluding diaryl/α,β-unsaturated/α-hetero) is 1. The molecule has 0 radical (unpaired) electrons. The Morgan fingerprint density at radius 3 is 2.05 bits per heavy atom. The molecule has 0 heterocycles. The molecule has 0 saturated carbocycles. The third kappa shape index (κ3) is 4.70. The van der Waals surface area contributed by atoms with E-state index in [-0.39, 0.29) is 5.78 Å². The lowest BCUT2D eigenvalue weighted by atomic mass is 10.0. The van der Waals surface area contributed by atoms with Crippen molar-refractivity contribution in [1.29, 1.82) is 0 Å². The van der Waals surface area contributed by atoms with E-state index < -0.39 is 0 Å². The number of nitrogens with zero attached hydrogens (tertiary/aromatic N) is 1. The largest absolute Gasteiger partial charge is 0.370 e. The van der Waals surface area contributed by atoms with Gasteiger partial charge in [-0.25, -0.2) is 0 Å². The van der Waals surface area contributed by atoms with Gasteiger partial charge in [-0.15, -0.1) is 0 Å². The molecule has 1 aromatic carbocycles. The van der Waals surface area contributed by atoms with Crippen molar-refractivity contribution in [3.63, 3.8) is 0 Å². The molecule has 0 atom stereocenters. The Labute approximate surface area is 117 Å². The fourth-order valence-corrected chi connectivity index (χ4v) is 2.33. The van der Waals surface area contributed by atoms with Gasteiger partial charge in [-0.1, -0.05) is 46.8 Å². The summed E-state index contributed by atoms with van der Waals surface area (Å²) in [6, 6.07) is 8.01. The Bertz CT molecular complexity index is 399. The first-order chi connectivity index (χ1) is 8.95. The number of hydrogen-bond acceptors (Lipinski definition) is 2. The van der Waals surface area contributed by atoms with Crippen LogP contribution in [0.15, 0.2) is 24.3 Å². The highest BCUT2D eigenvalue weighted by Gasteiger charge is 2.16. The molecule has 2 nitrogen and oxygen atoms in total. The van der Waals surface area contributed by atoms with Crippen LogP contribution >= 0.6 is 0 Å². The smallest absolute Gasteiger partial charge is 0.164 e. The summed E-state index contributed by atoms with van der Waals surface area (Å²) in [5.41, 5.74) is 1.96. The molecule has 0 unspecified atom stereocenters. The van der Waals surface area contributed by atoms with Crippen molar-refractivity contribution in [1.82, 2.24) is 0 Å². The van der Waals surface area contributed by atoms with Gasteiger partial charge in [0.05, 0.1) is 0 Å². The van der Waals surface area contributed by atoms with Crippen LogP contribution in [0.3, 0.4) is 0 Å². The van der Waals surface area contributed by atoms with Crippen LogP contribution in [-0.4, -0.2) is 18.9 Å². The molecule has 0 aromatic heterocycles. The van der Waals surface area contributed by atoms with Gasteiger partial charge in [0.25, 0.3) is 0 Å². The van der Waals surface area contributed by atoms with Crippen LogP contribution in [0.25, 0.3) is 0 Å². The zero-order valence-corrected chi connectivity index (χ0v) is 12.9. The van der Waals surface area contributed by atoms with E-state index in [0.29, 0.717) is 18.3 Å². The SMILES string of the molecule is CCC(=O)c1ccccc1N(CC(C)C)CC(C)C. The van der Waals surface area contributed by atoms with Crippen molar-refractivity contribution in [3.05, 3.63) is 29.8 Å². The number of para-hydroxylation sites is 1. The number of anilines is 1. The van der Waals surface area contributed by atoms with Gasteiger partial charge in [0.2, 0.25) is 0 Å². The van der Waals surface area contributed by atoms with E-state index in [4.69, 9.17) is 0 Å². The first kappa shape index (κ1) is 15.7. The first-order valence-corrected chi connectivity index (χ1v) is 7.32. The highest BCUT2D eigenvalue weighted by Crippen LogP contribution is 2.24. The minimum Gasteiger partial charge on any atom is -0.370 e. The van der Waals surface area contributed by atoms with E-state index in [0.717, 1.165) is 24.3 Å². The van der Waals surface area contributed by atoms with Crippen molar-refractivity contribution in [2.45, 2.75) is 41.0 Å². The average molecular weight is 261 g/mol. The van der Waals surface area contributed by atoms with Gasteiger partial charge in [0.1, 0.15) is 0 Å². The van der Waals surface area contributed by atoms with E-state index in [1.807, 2.05) is 25.1 Å². The second kappa shape index (κ2) is 7.32. The molecule has 2 heteroatoms. The molecule has 0 aliphatic carbocycles. The Morgan fingerprint density at radius 2 is 1.58 bits per heavy atom. The lowest BCUT2D eigenvalue weighted by molar-refractivity contribution is 0.0988. The Kier molecular flexibility index (Phi) is 6.07. The normalized spacial score (nSPS) is 11.1. The lowest BCUT2D eigenvalue weighted by Gasteiger charge is -2.30. The zero-order valence-electron chi connectivity index (χ0n) is 12.9. The van der Waals surface area contributed by atoms with E-state index >= 15 is 0 Å². The van der Waals surface area contributed by atoms with Crippen LogP contribution < -0.4 is 4.90 Å². The molecule has 0 aliphatic heterocycles. The van der Waals surface area contributed by atoms with Crippen molar-refractivity contribution >= 4 is 11.5 Å². The zero-order chi connectivity index (χ0) is 14.4. The summed E-state index contributed by atoms with van der Waals surface area (Å²) in [6.07, 6.45) is 0.564. The maximum Gasteiger partial charge on any atom is 0.164 e. The van der Waals surface area contributed by atoms with Crippen LogP contribution in [0.5, 0.6) is 0 Å². The quantitative estimate of drug-likeness (QED) is 0.678. The van der Waals surface area contributed by atoms with Gasteiger partial charge in [-0.3, -0.25) is 4.79 Å². The summed E-state index contributed by atoms with van der Waals surface area (Å²) >= 11 is 0. The second-order valence-corrected chi connectivity index (χ2v) is 5.99. The molecule has 106 valence electrons. The van der Waals surface area contributed by atoms with Crippen LogP contribution in [0, 0.1) is 11.8 Å². The Morgan fingerprint density at radius 1 is 1.05 bits per heavy atom. The van der Waals surface area contributed by atoms with Crippen molar-refractivity contribution in [2.24, 2.45) is 11.8 Å². The van der Waals surface area contributed by atoms with Crippen LogP contribution in [0.1, 0.15) is 51.4 Å². The van der Waals surface area contributed by atoms with E-state index in [9.17, 15) is 4.79 Å². The average Bonchev–Trinajstić information content (AvgIpc) is 2.36. The molecule has 19 heavy (non-hydrogen) atoms. The molecule has 0 saturated heterocycles. The number of rotatable bonds is 7. The monoisotopic (exact) mass is 261 g/mol. The lowest BCUT2D eigenvalue weighted by Crippen LogP contribution is -2.32. The van der Waals surface area contributed by atoms with Gasteiger partial charge >= 0.3 is 0 Å². The number of benzene rings is 1. The fourth-order valence-electron chi connectivity index (χ4n) is 2.33. The van der Waals surface area contributed by atoms with Crippen LogP contribution in [0.2, 0.25) is 0 Å². The molecule has 0 bridgehead atoms. The van der Waals surface area contributed by atoms with E-state index in [2.05, 4.69) is 38.7 Å². The summed E-state index contributed by atoms with van der Waals surface area (Å²) in [5, 5.41) is 0. The summed E-state index contributed by atoms with van der Waals surface area (Å²) in [5.74, 6) is 1.40. The standard InChI is InChI=1S/C17H27NO/c1-6-17(19)15-9-7-8-10-16(15)18(11-13(2)3)12-14(4)5/h7-10,13-14H,6,11-12H2,1-5H3. The van der Waals surface area contributed by atoms with E-state index in [1.165, 1.54) is 0 Å². The fraction of sp³-hybridized carbons (Fsp3) is 0.588. The minimum atomic E-state index is 0.230. The molecule has 1 aromatic rings. The molecule has 0 spiro atoms. The highest BCUT2D eigenvalue weighted by molar-refractivity contribution is 6.01. The molecular weight excluding hydrogens is 234 g/mol. The second-order valence-electron chi connectivity index (χ2n) is 5.99. The molecule has 1 rings (SSSR count). The summed E-state index contributed by atoms with van der Waals surface area (Å²) in [7, 11) is 0. The van der Waals surface area contributed by atoms with Crippen LogP contribution in [0.4, 0.5) is 5.69 Å². The number of ketones is 1. The topological polar surface area (TPSA) is 20.3 Å². The van der Waals surface area contributed by atoms with E-state index in [1.54, 1.807) is 0 Å². The van der Waals surface area contributed by atoms with Crippen molar-refractivity contribution in [2.75, 3.05) is 18.0 Å². The number of carbonyl (C=O) groups excluding carboxylic acids is 1. The number of carbonyl (C=O) groups is 1. The van der Waals surface area contributed by atoms with Gasteiger partial charge in [-0.05, 0) is 24.0 Å². The van der Waals surface area contributed by atoms with Gasteiger partial charge in [-0.2, -0.15) is 0 Å². The molecule has 0 N–H and O–H groups in total. The third-order valence-electron chi connectivity index (χ3n) is 3.04. The first-order valence-electron chi connectivity index (χ1n) is 7.32. The predicted molar refractivity (Wildman–Crippen MR) is 83.0 cm³/mol. The molecule has 0 fully saturated rings.